The lowest BCUT2D eigenvalue weighted by molar-refractivity contribution is 0.0652. The molecule has 142 valence electrons. The number of amidine groups is 1. The number of nitrogens with zero attached hydrogens (tertiary/aromatic N) is 3. The normalized spacial score (nSPS) is 32.2. The Kier molecular flexibility index (Phi) is 2.99. The molecule has 4 rings (SSSR count). The van der Waals surface area contributed by atoms with Crippen LogP contribution in [0.2, 0.25) is 0 Å². The minimum Gasteiger partial charge on any atom is -0.394 e. The van der Waals surface area contributed by atoms with Crippen molar-refractivity contribution >= 4 is 23.3 Å². The van der Waals surface area contributed by atoms with Gasteiger partial charge in [0.05, 0.1) is 36.4 Å². The topological polar surface area (TPSA) is 48.3 Å². The van der Waals surface area contributed by atoms with Crippen LogP contribution in [0.15, 0.2) is 63.3 Å². The number of aliphatic imine (C=N–C) groups is 1. The second-order valence-electron chi connectivity index (χ2n) is 5.42. The van der Waals surface area contributed by atoms with Gasteiger partial charge in [-0.05, 0) is 18.2 Å². The van der Waals surface area contributed by atoms with Gasteiger partial charge in [0.2, 0.25) is 0 Å². The lowest BCUT2D eigenvalue weighted by Gasteiger charge is -2.36. The fourth-order valence-electron chi connectivity index (χ4n) is 2.48. The third kappa shape index (κ3) is 4.35. The fraction of sp³-hybridized carbons (Fsp3) is 0.381. The van der Waals surface area contributed by atoms with E-state index < -0.39 is 52.3 Å². The van der Waals surface area contributed by atoms with E-state index in [0.29, 0.717) is 20.4 Å². The molecule has 2 aliphatic heterocycles. The average Bonchev–Trinajstić information content (AvgIpc) is 2.97. The highest BCUT2D eigenvalue weighted by Gasteiger charge is 2.24. The van der Waals surface area contributed by atoms with Gasteiger partial charge in [-0.1, -0.05) is 42.1 Å². The highest BCUT2D eigenvalue weighted by Crippen LogP contribution is 2.40. The maximum absolute atomic E-state index is 9.12. The number of aliphatic hydroxyl groups is 1. The molecule has 0 radical (unpaired) electrons. The molecule has 1 saturated heterocycles. The Bertz CT molecular complexity index is 1260. The van der Waals surface area contributed by atoms with Gasteiger partial charge in [0.15, 0.2) is 0 Å². The molecule has 0 bridgehead atoms. The van der Waals surface area contributed by atoms with Crippen molar-refractivity contribution in [3.8, 4) is 0 Å². The highest BCUT2D eigenvalue weighted by atomic mass is 32.2. The van der Waals surface area contributed by atoms with Gasteiger partial charge in [0.25, 0.3) is 0 Å². The van der Waals surface area contributed by atoms with E-state index in [1.54, 1.807) is 48.5 Å². The van der Waals surface area contributed by atoms with Crippen molar-refractivity contribution in [1.29, 1.82) is 0 Å². The van der Waals surface area contributed by atoms with Crippen molar-refractivity contribution in [3.63, 3.8) is 0 Å². The number of rotatable bonds is 5. The Hall–Kier alpha value is -1.86. The molecule has 0 unspecified atom stereocenters. The predicted molar refractivity (Wildman–Crippen MR) is 109 cm³/mol. The van der Waals surface area contributed by atoms with Crippen molar-refractivity contribution in [1.82, 2.24) is 9.80 Å². The first kappa shape index (κ1) is 9.09. The van der Waals surface area contributed by atoms with Crippen LogP contribution in [0.3, 0.4) is 0 Å². The molecular weight excluding hydrogens is 358 g/mol. The summed E-state index contributed by atoms with van der Waals surface area (Å²) in [6.45, 7) is -22.3. The maximum Gasteiger partial charge on any atom is 0.137 e. The number of benzene rings is 2. The molecule has 0 amide bonds. The third-order valence-corrected chi connectivity index (χ3v) is 4.82. The van der Waals surface area contributed by atoms with Crippen LogP contribution in [-0.2, 0) is 4.74 Å². The molecular formula is C21H25N3O2S. The summed E-state index contributed by atoms with van der Waals surface area (Å²) in [6, 6.07) is 13.4. The molecule has 2 aliphatic rings. The Balaban J connectivity index is 1.90. The summed E-state index contributed by atoms with van der Waals surface area (Å²) >= 11 is 1.28. The van der Waals surface area contributed by atoms with Gasteiger partial charge >= 0.3 is 0 Å². The fourth-order valence-corrected chi connectivity index (χ4v) is 3.50. The average molecular weight is 396 g/mol. The highest BCUT2D eigenvalue weighted by molar-refractivity contribution is 7.99. The van der Waals surface area contributed by atoms with Crippen LogP contribution < -0.4 is 0 Å². The van der Waals surface area contributed by atoms with Crippen LogP contribution in [0.25, 0.3) is 0 Å². The molecule has 6 heteroatoms. The summed E-state index contributed by atoms with van der Waals surface area (Å²) in [5.74, 6) is -0.360. The largest absolute Gasteiger partial charge is 0.394 e. The van der Waals surface area contributed by atoms with Crippen LogP contribution in [0.4, 0.5) is 5.69 Å². The first-order chi connectivity index (χ1) is 17.8. The molecule has 0 aliphatic carbocycles. The Labute approximate surface area is 181 Å². The zero-order chi connectivity index (χ0) is 29.2. The summed E-state index contributed by atoms with van der Waals surface area (Å²) in [6.07, 6.45) is 0. The quantitative estimate of drug-likeness (QED) is 0.844. The van der Waals surface area contributed by atoms with Crippen molar-refractivity contribution in [2.75, 3.05) is 52.3 Å². The Morgan fingerprint density at radius 3 is 2.59 bits per heavy atom. The number of hydrogen-bond donors (Lipinski definition) is 1. The standard InChI is InChI=1S/C21H25N3O2S/c25-14-16-26-15-13-23-9-11-24(12-10-23)21-17-5-1-3-7-19(17)27-20-8-4-2-6-18(20)22-21/h1-8,25H,9-16H2/i9D2,10D2,11D2,12D2,15D2,16D2. The minimum atomic E-state index is -3.42. The van der Waals surface area contributed by atoms with Gasteiger partial charge in [0, 0.05) is 53.4 Å². The number of aliphatic hydroxyl groups excluding tert-OH is 1. The van der Waals surface area contributed by atoms with E-state index >= 15 is 0 Å². The third-order valence-electron chi connectivity index (χ3n) is 3.68. The number of fused-ring (bicyclic) bond motifs is 2. The van der Waals surface area contributed by atoms with Crippen LogP contribution in [0.5, 0.6) is 0 Å². The van der Waals surface area contributed by atoms with Gasteiger partial charge < -0.3 is 14.7 Å². The second-order valence-corrected chi connectivity index (χ2v) is 6.50. The smallest absolute Gasteiger partial charge is 0.137 e. The lowest BCUT2D eigenvalue weighted by atomic mass is 10.1. The summed E-state index contributed by atoms with van der Waals surface area (Å²) in [5.41, 5.74) is 0.570. The first-order valence-corrected chi connectivity index (χ1v) is 8.94. The van der Waals surface area contributed by atoms with Gasteiger partial charge in [0.1, 0.15) is 5.84 Å². The van der Waals surface area contributed by atoms with E-state index in [-0.39, 0.29) is 16.3 Å². The first-order valence-electron chi connectivity index (χ1n) is 14.1. The molecule has 2 aromatic carbocycles. The van der Waals surface area contributed by atoms with Crippen molar-refractivity contribution in [2.45, 2.75) is 9.79 Å². The van der Waals surface area contributed by atoms with Crippen molar-refractivity contribution < 1.29 is 26.3 Å². The van der Waals surface area contributed by atoms with Crippen molar-refractivity contribution in [3.05, 3.63) is 54.1 Å². The van der Waals surface area contributed by atoms with Gasteiger partial charge in [-0.25, -0.2) is 4.99 Å². The summed E-state index contributed by atoms with van der Waals surface area (Å²) < 4.78 is 105. The summed E-state index contributed by atoms with van der Waals surface area (Å²) in [5, 5.41) is 9.12. The molecule has 0 atom stereocenters. The van der Waals surface area contributed by atoms with Crippen LogP contribution in [0, 0.1) is 0 Å². The number of ether oxygens (including phenoxy) is 1. The van der Waals surface area contributed by atoms with Gasteiger partial charge in [-0.15, -0.1) is 0 Å². The SMILES string of the molecule is [2H]C([2H])(CO)OC([2H])([2H])CN1C([2H])([2H])C([2H])([2H])N(C2=Nc3ccccc3Sc3ccccc32)C([2H])([2H])C1([2H])[2H]. The van der Waals surface area contributed by atoms with E-state index in [1.165, 1.54) is 11.8 Å². The summed E-state index contributed by atoms with van der Waals surface area (Å²) in [4.78, 5) is 6.04. The summed E-state index contributed by atoms with van der Waals surface area (Å²) in [7, 11) is 0. The predicted octanol–water partition coefficient (Wildman–Crippen LogP) is 2.86. The molecule has 0 aromatic heterocycles. The Morgan fingerprint density at radius 2 is 1.78 bits per heavy atom. The number of hydrogen-bond acceptors (Lipinski definition) is 6. The van der Waals surface area contributed by atoms with Crippen LogP contribution in [0.1, 0.15) is 22.0 Å². The zero-order valence-electron chi connectivity index (χ0n) is 26.1. The van der Waals surface area contributed by atoms with Gasteiger partial charge in [-0.3, -0.25) is 4.90 Å². The van der Waals surface area contributed by atoms with E-state index in [0.717, 1.165) is 0 Å². The second kappa shape index (κ2) is 8.89. The molecule has 2 aromatic rings. The van der Waals surface area contributed by atoms with Crippen LogP contribution >= 0.6 is 11.8 Å². The van der Waals surface area contributed by atoms with Gasteiger partial charge in [-0.2, -0.15) is 0 Å². The molecule has 5 nitrogen and oxygen atoms in total. The molecule has 1 fully saturated rings. The lowest BCUT2D eigenvalue weighted by Crippen LogP contribution is -2.49. The minimum absolute atomic E-state index is 0.00974. The molecule has 2 heterocycles. The maximum atomic E-state index is 9.12. The van der Waals surface area contributed by atoms with E-state index in [2.05, 4.69) is 9.73 Å². The van der Waals surface area contributed by atoms with Crippen molar-refractivity contribution in [2.24, 2.45) is 4.99 Å². The zero-order valence-corrected chi connectivity index (χ0v) is 15.0. The molecule has 0 spiro atoms. The molecule has 27 heavy (non-hydrogen) atoms. The van der Waals surface area contributed by atoms with Crippen LogP contribution in [-0.4, -0.2) is 73.0 Å². The van der Waals surface area contributed by atoms with E-state index in [1.807, 2.05) is 0 Å². The molecule has 0 saturated carbocycles. The number of piperazine rings is 1. The molecule has 1 N–H and O–H groups in total. The number of para-hydroxylation sites is 1. The van der Waals surface area contributed by atoms with E-state index in [4.69, 9.17) is 21.6 Å². The monoisotopic (exact) mass is 395 g/mol. The van der Waals surface area contributed by atoms with E-state index in [9.17, 15) is 0 Å². The Morgan fingerprint density at radius 1 is 1.04 bits per heavy atom.